The molecule has 5 heteroatoms. The van der Waals surface area contributed by atoms with Crippen LogP contribution in [0.1, 0.15) is 25.2 Å². The van der Waals surface area contributed by atoms with Crippen LogP contribution in [0.15, 0.2) is 23.2 Å². The zero-order valence-corrected chi connectivity index (χ0v) is 11.9. The Kier molecular flexibility index (Phi) is 4.04. The van der Waals surface area contributed by atoms with Gasteiger partial charge < -0.3 is 15.6 Å². The van der Waals surface area contributed by atoms with Gasteiger partial charge in [-0.25, -0.2) is 4.98 Å². The number of imidazole rings is 1. The van der Waals surface area contributed by atoms with Gasteiger partial charge in [-0.15, -0.1) is 0 Å². The van der Waals surface area contributed by atoms with Crippen LogP contribution in [0.3, 0.4) is 0 Å². The van der Waals surface area contributed by atoms with E-state index in [4.69, 9.17) is 0 Å². The van der Waals surface area contributed by atoms with Gasteiger partial charge in [0.05, 0.1) is 17.6 Å². The third-order valence-corrected chi connectivity index (χ3v) is 2.76. The SMILES string of the molecule is CN=C(NCc1nc2ccc(C)cc2[nH]1)NC(C)C. The van der Waals surface area contributed by atoms with E-state index in [1.54, 1.807) is 7.05 Å². The molecule has 1 aromatic carbocycles. The summed E-state index contributed by atoms with van der Waals surface area (Å²) in [5.74, 6) is 1.69. The molecule has 19 heavy (non-hydrogen) atoms. The van der Waals surface area contributed by atoms with Crippen LogP contribution in [0, 0.1) is 6.92 Å². The van der Waals surface area contributed by atoms with Gasteiger partial charge in [0.1, 0.15) is 5.82 Å². The summed E-state index contributed by atoms with van der Waals surface area (Å²) in [6.07, 6.45) is 0. The third kappa shape index (κ3) is 3.47. The topological polar surface area (TPSA) is 65.1 Å². The van der Waals surface area contributed by atoms with E-state index in [2.05, 4.69) is 58.5 Å². The molecule has 0 amide bonds. The molecule has 1 heterocycles. The summed E-state index contributed by atoms with van der Waals surface area (Å²) in [6.45, 7) is 6.86. The van der Waals surface area contributed by atoms with E-state index in [0.29, 0.717) is 12.6 Å². The predicted molar refractivity (Wildman–Crippen MR) is 79.3 cm³/mol. The zero-order valence-electron chi connectivity index (χ0n) is 11.9. The van der Waals surface area contributed by atoms with Crippen LogP contribution >= 0.6 is 0 Å². The van der Waals surface area contributed by atoms with Crippen LogP contribution in [-0.4, -0.2) is 29.0 Å². The summed E-state index contributed by atoms with van der Waals surface area (Å²) in [5, 5.41) is 6.48. The summed E-state index contributed by atoms with van der Waals surface area (Å²) in [7, 11) is 1.76. The van der Waals surface area contributed by atoms with Crippen molar-refractivity contribution in [3.8, 4) is 0 Å². The Morgan fingerprint density at radius 2 is 2.21 bits per heavy atom. The molecule has 2 rings (SSSR count). The monoisotopic (exact) mass is 259 g/mol. The van der Waals surface area contributed by atoms with Crippen LogP contribution in [0.2, 0.25) is 0 Å². The van der Waals surface area contributed by atoms with Crippen molar-refractivity contribution >= 4 is 17.0 Å². The molecule has 0 saturated carbocycles. The fraction of sp³-hybridized carbons (Fsp3) is 0.429. The van der Waals surface area contributed by atoms with E-state index >= 15 is 0 Å². The number of hydrogen-bond donors (Lipinski definition) is 3. The Bertz CT molecular complexity index is 583. The Balaban J connectivity index is 2.05. The molecule has 2 aromatic rings. The third-order valence-electron chi connectivity index (χ3n) is 2.76. The molecule has 0 atom stereocenters. The van der Waals surface area contributed by atoms with Gasteiger partial charge in [0, 0.05) is 13.1 Å². The van der Waals surface area contributed by atoms with E-state index in [1.807, 2.05) is 6.07 Å². The number of H-pyrrole nitrogens is 1. The van der Waals surface area contributed by atoms with Crippen LogP contribution in [0.4, 0.5) is 0 Å². The fourth-order valence-corrected chi connectivity index (χ4v) is 1.90. The molecular weight excluding hydrogens is 238 g/mol. The first-order valence-corrected chi connectivity index (χ1v) is 6.51. The second kappa shape index (κ2) is 5.73. The highest BCUT2D eigenvalue weighted by molar-refractivity contribution is 5.80. The predicted octanol–water partition coefficient (Wildman–Crippen LogP) is 1.94. The number of fused-ring (bicyclic) bond motifs is 1. The molecule has 0 aliphatic carbocycles. The van der Waals surface area contributed by atoms with E-state index in [1.165, 1.54) is 5.56 Å². The molecule has 0 saturated heterocycles. The lowest BCUT2D eigenvalue weighted by Crippen LogP contribution is -2.40. The maximum atomic E-state index is 4.54. The van der Waals surface area contributed by atoms with Crippen molar-refractivity contribution in [2.24, 2.45) is 4.99 Å². The molecule has 3 N–H and O–H groups in total. The molecule has 0 aliphatic heterocycles. The summed E-state index contributed by atoms with van der Waals surface area (Å²) in [5.41, 5.74) is 3.30. The van der Waals surface area contributed by atoms with Crippen LogP contribution < -0.4 is 10.6 Å². The number of aromatic amines is 1. The summed E-state index contributed by atoms with van der Waals surface area (Å²) in [6, 6.07) is 6.56. The van der Waals surface area contributed by atoms with Crippen LogP contribution in [0.5, 0.6) is 0 Å². The van der Waals surface area contributed by atoms with Crippen molar-refractivity contribution in [3.63, 3.8) is 0 Å². The summed E-state index contributed by atoms with van der Waals surface area (Å²) >= 11 is 0. The smallest absolute Gasteiger partial charge is 0.191 e. The van der Waals surface area contributed by atoms with Crippen molar-refractivity contribution in [2.75, 3.05) is 7.05 Å². The van der Waals surface area contributed by atoms with Gasteiger partial charge in [-0.2, -0.15) is 0 Å². The average molecular weight is 259 g/mol. The zero-order chi connectivity index (χ0) is 13.8. The Morgan fingerprint density at radius 1 is 1.42 bits per heavy atom. The lowest BCUT2D eigenvalue weighted by Gasteiger charge is -2.13. The highest BCUT2D eigenvalue weighted by Crippen LogP contribution is 2.12. The van der Waals surface area contributed by atoms with Crippen LogP contribution in [-0.2, 0) is 6.54 Å². The van der Waals surface area contributed by atoms with Crippen molar-refractivity contribution < 1.29 is 0 Å². The minimum atomic E-state index is 0.351. The second-order valence-electron chi connectivity index (χ2n) is 4.93. The molecule has 0 aliphatic rings. The van der Waals surface area contributed by atoms with E-state index < -0.39 is 0 Å². The molecule has 5 nitrogen and oxygen atoms in total. The average Bonchev–Trinajstić information content (AvgIpc) is 2.75. The molecular formula is C14H21N5. The normalized spacial score (nSPS) is 12.2. The Hall–Kier alpha value is -2.04. The Labute approximate surface area is 113 Å². The number of aliphatic imine (C=N–C) groups is 1. The van der Waals surface area contributed by atoms with Crippen molar-refractivity contribution in [1.82, 2.24) is 20.6 Å². The molecule has 0 spiro atoms. The number of benzene rings is 1. The largest absolute Gasteiger partial charge is 0.354 e. The summed E-state index contributed by atoms with van der Waals surface area (Å²) in [4.78, 5) is 12.0. The molecule has 0 unspecified atom stereocenters. The van der Waals surface area contributed by atoms with Crippen molar-refractivity contribution in [2.45, 2.75) is 33.4 Å². The first-order chi connectivity index (χ1) is 9.08. The van der Waals surface area contributed by atoms with Crippen molar-refractivity contribution in [3.05, 3.63) is 29.6 Å². The van der Waals surface area contributed by atoms with Crippen molar-refractivity contribution in [1.29, 1.82) is 0 Å². The number of nitrogens with one attached hydrogen (secondary N) is 3. The van der Waals surface area contributed by atoms with Gasteiger partial charge >= 0.3 is 0 Å². The van der Waals surface area contributed by atoms with Gasteiger partial charge in [0.15, 0.2) is 5.96 Å². The lowest BCUT2D eigenvalue weighted by atomic mass is 10.2. The van der Waals surface area contributed by atoms with Crippen LogP contribution in [0.25, 0.3) is 11.0 Å². The van der Waals surface area contributed by atoms with E-state index in [-0.39, 0.29) is 0 Å². The molecule has 1 aromatic heterocycles. The number of guanidine groups is 1. The number of hydrogen-bond acceptors (Lipinski definition) is 2. The molecule has 0 fully saturated rings. The van der Waals surface area contributed by atoms with Gasteiger partial charge in [-0.3, -0.25) is 4.99 Å². The van der Waals surface area contributed by atoms with Gasteiger partial charge in [-0.05, 0) is 38.5 Å². The van der Waals surface area contributed by atoms with Gasteiger partial charge in [-0.1, -0.05) is 6.07 Å². The molecule has 102 valence electrons. The standard InChI is InChI=1S/C14H21N5/c1-9(2)17-14(15-4)16-8-13-18-11-6-5-10(3)7-12(11)19-13/h5-7,9H,8H2,1-4H3,(H,18,19)(H2,15,16,17). The lowest BCUT2D eigenvalue weighted by molar-refractivity contribution is 0.694. The maximum absolute atomic E-state index is 4.54. The first-order valence-electron chi connectivity index (χ1n) is 6.51. The number of aromatic nitrogens is 2. The highest BCUT2D eigenvalue weighted by atomic mass is 15.2. The van der Waals surface area contributed by atoms with Gasteiger partial charge in [0.25, 0.3) is 0 Å². The quantitative estimate of drug-likeness (QED) is 0.583. The maximum Gasteiger partial charge on any atom is 0.191 e. The summed E-state index contributed by atoms with van der Waals surface area (Å²) < 4.78 is 0. The minimum Gasteiger partial charge on any atom is -0.354 e. The van der Waals surface area contributed by atoms with E-state index in [9.17, 15) is 0 Å². The minimum absolute atomic E-state index is 0.351. The number of rotatable bonds is 3. The fourth-order valence-electron chi connectivity index (χ4n) is 1.90. The molecule has 0 bridgehead atoms. The Morgan fingerprint density at radius 3 is 2.89 bits per heavy atom. The number of nitrogens with zero attached hydrogens (tertiary/aromatic N) is 2. The number of aryl methyl sites for hydroxylation is 1. The van der Waals surface area contributed by atoms with Gasteiger partial charge in [0.2, 0.25) is 0 Å². The van der Waals surface area contributed by atoms with E-state index in [0.717, 1.165) is 22.8 Å². The molecule has 0 radical (unpaired) electrons. The second-order valence-corrected chi connectivity index (χ2v) is 4.93. The first kappa shape index (κ1) is 13.4. The highest BCUT2D eigenvalue weighted by Gasteiger charge is 2.04.